The van der Waals surface area contributed by atoms with Gasteiger partial charge in [-0.3, -0.25) is 9.59 Å². The first-order valence-electron chi connectivity index (χ1n) is 9.81. The number of hydrogen-bond acceptors (Lipinski definition) is 4. The van der Waals surface area contributed by atoms with E-state index >= 15 is 0 Å². The van der Waals surface area contributed by atoms with E-state index in [1.807, 2.05) is 6.92 Å². The van der Waals surface area contributed by atoms with Gasteiger partial charge in [-0.05, 0) is 44.4 Å². The van der Waals surface area contributed by atoms with Crippen molar-refractivity contribution in [1.29, 1.82) is 0 Å². The summed E-state index contributed by atoms with van der Waals surface area (Å²) in [6.45, 7) is 3.31. The lowest BCUT2D eigenvalue weighted by Crippen LogP contribution is -2.34. The zero-order valence-corrected chi connectivity index (χ0v) is 16.5. The van der Waals surface area contributed by atoms with Crippen LogP contribution < -0.4 is 0 Å². The van der Waals surface area contributed by atoms with E-state index in [1.165, 1.54) is 24.3 Å². The van der Waals surface area contributed by atoms with Crippen LogP contribution in [-0.2, 0) is 4.79 Å². The molecule has 5 nitrogen and oxygen atoms in total. The van der Waals surface area contributed by atoms with Crippen LogP contribution in [0, 0.1) is 0 Å². The number of piperidine rings is 1. The van der Waals surface area contributed by atoms with Gasteiger partial charge in [0.1, 0.15) is 11.5 Å². The summed E-state index contributed by atoms with van der Waals surface area (Å²) in [5.41, 5.74) is 1.10. The molecular weight excluding hydrogens is 366 g/mol. The number of phenolic OH excluding ortho intramolecular Hbond substituents is 2. The molecule has 0 spiro atoms. The quantitative estimate of drug-likeness (QED) is 0.585. The highest BCUT2D eigenvalue weighted by Gasteiger charge is 2.20. The monoisotopic (exact) mass is 391 g/mol. The summed E-state index contributed by atoms with van der Waals surface area (Å²) in [6.07, 6.45) is 9.58. The molecule has 0 unspecified atom stereocenters. The van der Waals surface area contributed by atoms with Crippen LogP contribution >= 0.6 is 0 Å². The molecule has 1 aliphatic heterocycles. The fraction of sp³-hybridized carbons (Fsp3) is 0.250. The van der Waals surface area contributed by atoms with Crippen LogP contribution in [0.1, 0.15) is 53.2 Å². The van der Waals surface area contributed by atoms with E-state index < -0.39 is 5.78 Å². The van der Waals surface area contributed by atoms with Crippen molar-refractivity contribution < 1.29 is 19.8 Å². The lowest BCUT2D eigenvalue weighted by molar-refractivity contribution is -0.126. The van der Waals surface area contributed by atoms with E-state index in [0.29, 0.717) is 11.1 Å². The van der Waals surface area contributed by atoms with E-state index in [1.54, 1.807) is 41.3 Å². The van der Waals surface area contributed by atoms with Crippen LogP contribution in [0.3, 0.4) is 0 Å². The number of amides is 1. The molecule has 1 fully saturated rings. The number of carbonyl (C=O) groups is 2. The number of nitrogens with zero attached hydrogens (tertiary/aromatic N) is 1. The predicted molar refractivity (Wildman–Crippen MR) is 114 cm³/mol. The van der Waals surface area contributed by atoms with E-state index in [0.717, 1.165) is 32.4 Å². The number of rotatable bonds is 5. The molecule has 1 amide bonds. The number of hydrogen-bond donors (Lipinski definition) is 2. The molecule has 1 aliphatic rings. The highest BCUT2D eigenvalue weighted by molar-refractivity contribution is 6.13. The van der Waals surface area contributed by atoms with Crippen LogP contribution in [0.4, 0.5) is 0 Å². The first kappa shape index (κ1) is 20.4. The van der Waals surface area contributed by atoms with Crippen LogP contribution in [-0.4, -0.2) is 39.9 Å². The van der Waals surface area contributed by atoms with E-state index in [2.05, 4.69) is 0 Å². The topological polar surface area (TPSA) is 77.8 Å². The Hall–Kier alpha value is -3.34. The maximum atomic E-state index is 12.9. The number of benzene rings is 2. The van der Waals surface area contributed by atoms with Gasteiger partial charge >= 0.3 is 0 Å². The highest BCUT2D eigenvalue weighted by atomic mass is 16.3. The van der Waals surface area contributed by atoms with Gasteiger partial charge in [0.05, 0.1) is 11.1 Å². The number of aromatic hydroxyl groups is 2. The summed E-state index contributed by atoms with van der Waals surface area (Å²) in [5, 5.41) is 21.0. The van der Waals surface area contributed by atoms with Crippen molar-refractivity contribution in [2.75, 3.05) is 13.1 Å². The van der Waals surface area contributed by atoms with Gasteiger partial charge in [-0.1, -0.05) is 36.4 Å². The molecule has 2 aromatic carbocycles. The molecule has 29 heavy (non-hydrogen) atoms. The zero-order valence-electron chi connectivity index (χ0n) is 16.5. The third-order valence-electron chi connectivity index (χ3n) is 5.04. The van der Waals surface area contributed by atoms with E-state index in [-0.39, 0.29) is 28.5 Å². The lowest BCUT2D eigenvalue weighted by Gasteiger charge is -2.25. The van der Waals surface area contributed by atoms with Crippen molar-refractivity contribution in [3.05, 3.63) is 70.8 Å². The third kappa shape index (κ3) is 4.57. The predicted octanol–water partition coefficient (Wildman–Crippen LogP) is 4.39. The van der Waals surface area contributed by atoms with Crippen molar-refractivity contribution >= 4 is 23.8 Å². The first-order valence-corrected chi connectivity index (χ1v) is 9.81. The SMILES string of the molecule is C/C=C/c1cccc(C(=O)c2cccc(/C=C/C(=O)N3CCCCC3)c2O)c1O. The molecule has 1 heterocycles. The van der Waals surface area contributed by atoms with Crippen molar-refractivity contribution in [2.24, 2.45) is 0 Å². The molecule has 0 saturated carbocycles. The molecule has 0 radical (unpaired) electrons. The van der Waals surface area contributed by atoms with Crippen LogP contribution in [0.25, 0.3) is 12.2 Å². The zero-order chi connectivity index (χ0) is 20.8. The second-order valence-corrected chi connectivity index (χ2v) is 7.04. The minimum absolute atomic E-state index is 0.0745. The van der Waals surface area contributed by atoms with Crippen molar-refractivity contribution in [2.45, 2.75) is 26.2 Å². The summed E-state index contributed by atoms with van der Waals surface area (Å²) in [6, 6.07) is 9.69. The molecule has 3 rings (SSSR count). The smallest absolute Gasteiger partial charge is 0.246 e. The number of ketones is 1. The molecule has 0 bridgehead atoms. The molecule has 1 saturated heterocycles. The average Bonchev–Trinajstić information content (AvgIpc) is 2.74. The van der Waals surface area contributed by atoms with Crippen molar-refractivity contribution in [3.8, 4) is 11.5 Å². The fourth-order valence-corrected chi connectivity index (χ4v) is 3.46. The van der Waals surface area contributed by atoms with Crippen LogP contribution in [0.5, 0.6) is 11.5 Å². The number of allylic oxidation sites excluding steroid dienone is 1. The molecule has 150 valence electrons. The number of likely N-dealkylation sites (tertiary alicyclic amines) is 1. The minimum atomic E-state index is -0.482. The summed E-state index contributed by atoms with van der Waals surface area (Å²) in [4.78, 5) is 27.0. The summed E-state index contributed by atoms with van der Waals surface area (Å²) in [7, 11) is 0. The second-order valence-electron chi connectivity index (χ2n) is 7.04. The van der Waals surface area contributed by atoms with Gasteiger partial charge in [0.2, 0.25) is 11.7 Å². The maximum absolute atomic E-state index is 12.9. The average molecular weight is 391 g/mol. The van der Waals surface area contributed by atoms with Gasteiger partial charge in [-0.15, -0.1) is 0 Å². The van der Waals surface area contributed by atoms with Gasteiger partial charge in [-0.2, -0.15) is 0 Å². The Balaban J connectivity index is 1.87. The minimum Gasteiger partial charge on any atom is -0.507 e. The Bertz CT molecular complexity index is 969. The van der Waals surface area contributed by atoms with Crippen LogP contribution in [0.2, 0.25) is 0 Å². The van der Waals surface area contributed by atoms with Gasteiger partial charge in [-0.25, -0.2) is 0 Å². The van der Waals surface area contributed by atoms with Gasteiger partial charge in [0, 0.05) is 30.3 Å². The highest BCUT2D eigenvalue weighted by Crippen LogP contribution is 2.31. The summed E-state index contributed by atoms with van der Waals surface area (Å²) < 4.78 is 0. The summed E-state index contributed by atoms with van der Waals surface area (Å²) in [5.74, 6) is -0.922. The Morgan fingerprint density at radius 3 is 1.97 bits per heavy atom. The van der Waals surface area contributed by atoms with Gasteiger partial charge in [0.15, 0.2) is 0 Å². The molecule has 0 atom stereocenters. The van der Waals surface area contributed by atoms with E-state index in [9.17, 15) is 19.8 Å². The Kier molecular flexibility index (Phi) is 6.50. The van der Waals surface area contributed by atoms with Gasteiger partial charge in [0.25, 0.3) is 0 Å². The largest absolute Gasteiger partial charge is 0.507 e. The standard InChI is InChI=1S/C24H25NO4/c1-2-8-17-9-6-11-19(22(17)27)24(29)20-12-7-10-18(23(20)28)13-14-21(26)25-15-4-3-5-16-25/h2,6-14,27-28H,3-5,15-16H2,1H3/b8-2+,14-13+. The molecule has 2 aromatic rings. The fourth-order valence-electron chi connectivity index (χ4n) is 3.46. The lowest BCUT2D eigenvalue weighted by atomic mass is 9.97. The molecule has 0 aromatic heterocycles. The van der Waals surface area contributed by atoms with Crippen molar-refractivity contribution in [3.63, 3.8) is 0 Å². The molecular formula is C24H25NO4. The van der Waals surface area contributed by atoms with Crippen LogP contribution in [0.15, 0.2) is 48.6 Å². The summed E-state index contributed by atoms with van der Waals surface area (Å²) >= 11 is 0. The number of phenols is 2. The second kappa shape index (κ2) is 9.24. The van der Waals surface area contributed by atoms with Crippen molar-refractivity contribution in [1.82, 2.24) is 4.90 Å². The maximum Gasteiger partial charge on any atom is 0.246 e. The molecule has 2 N–H and O–H groups in total. The third-order valence-corrected chi connectivity index (χ3v) is 5.04. The normalized spacial score (nSPS) is 14.6. The molecule has 5 heteroatoms. The van der Waals surface area contributed by atoms with Gasteiger partial charge < -0.3 is 15.1 Å². The first-order chi connectivity index (χ1) is 14.0. The number of carbonyl (C=O) groups excluding carboxylic acids is 2. The Labute approximate surface area is 170 Å². The molecule has 0 aliphatic carbocycles. The van der Waals surface area contributed by atoms with E-state index in [4.69, 9.17) is 0 Å². The Morgan fingerprint density at radius 2 is 1.41 bits per heavy atom. The number of para-hydroxylation sites is 2. The Morgan fingerprint density at radius 1 is 0.862 bits per heavy atom.